The molecule has 0 bridgehead atoms. The molecular weight excluding hydrogens is 463 g/mol. The molecule has 2 aromatic heterocycles. The van der Waals surface area contributed by atoms with Gasteiger partial charge in [-0.1, -0.05) is 5.16 Å². The second kappa shape index (κ2) is 9.51. The lowest BCUT2D eigenvalue weighted by Crippen LogP contribution is -2.34. The summed E-state index contributed by atoms with van der Waals surface area (Å²) in [5, 5.41) is 6.37. The molecule has 0 unspecified atom stereocenters. The monoisotopic (exact) mass is 489 g/mol. The summed E-state index contributed by atoms with van der Waals surface area (Å²) in [7, 11) is 3.13. The number of nitrogens with zero attached hydrogens (tertiary/aromatic N) is 6. The maximum Gasteiger partial charge on any atom is 0.253 e. The number of benzene rings is 1. The first-order valence-corrected chi connectivity index (χ1v) is 11.1. The second-order valence-electron chi connectivity index (χ2n) is 9.07. The molecule has 1 aromatic carbocycles. The Labute approximate surface area is 200 Å². The SMILES string of the molecule is CN(C)C(=O)c1ccc(Nc2ncnc(N3CCC(c4nc(C(C)(C)F)no4)CC3)c2F)c(F)c1. The first-order valence-electron chi connectivity index (χ1n) is 11.1. The molecule has 1 saturated heterocycles. The van der Waals surface area contributed by atoms with Crippen LogP contribution in [0.3, 0.4) is 0 Å². The highest BCUT2D eigenvalue weighted by Gasteiger charge is 2.31. The van der Waals surface area contributed by atoms with Crippen LogP contribution in [0.1, 0.15) is 54.7 Å². The zero-order valence-corrected chi connectivity index (χ0v) is 19.8. The lowest BCUT2D eigenvalue weighted by atomic mass is 9.96. The van der Waals surface area contributed by atoms with E-state index in [0.29, 0.717) is 31.8 Å². The van der Waals surface area contributed by atoms with Gasteiger partial charge in [0.15, 0.2) is 17.3 Å². The number of rotatable bonds is 6. The van der Waals surface area contributed by atoms with E-state index in [1.807, 2.05) is 0 Å². The van der Waals surface area contributed by atoms with Crippen LogP contribution in [-0.2, 0) is 5.67 Å². The highest BCUT2D eigenvalue weighted by atomic mass is 19.1. The van der Waals surface area contributed by atoms with Gasteiger partial charge in [-0.05, 0) is 44.9 Å². The van der Waals surface area contributed by atoms with Crippen molar-refractivity contribution < 1.29 is 22.5 Å². The number of nitrogens with one attached hydrogen (secondary N) is 1. The van der Waals surface area contributed by atoms with E-state index in [2.05, 4.69) is 25.4 Å². The van der Waals surface area contributed by atoms with Crippen molar-refractivity contribution in [2.45, 2.75) is 38.3 Å². The molecule has 0 radical (unpaired) electrons. The minimum Gasteiger partial charge on any atom is -0.354 e. The number of piperidine rings is 1. The molecule has 4 rings (SSSR count). The summed E-state index contributed by atoms with van der Waals surface area (Å²) >= 11 is 0. The van der Waals surface area contributed by atoms with Crippen molar-refractivity contribution in [1.82, 2.24) is 25.0 Å². The number of amides is 1. The molecular formula is C23H26F3N7O2. The smallest absolute Gasteiger partial charge is 0.253 e. The third-order valence-corrected chi connectivity index (χ3v) is 5.76. The van der Waals surface area contributed by atoms with Crippen LogP contribution >= 0.6 is 0 Å². The largest absolute Gasteiger partial charge is 0.354 e. The van der Waals surface area contributed by atoms with E-state index in [1.165, 1.54) is 37.2 Å². The van der Waals surface area contributed by atoms with Gasteiger partial charge in [0.2, 0.25) is 17.5 Å². The van der Waals surface area contributed by atoms with E-state index in [-0.39, 0.29) is 40.5 Å². The minimum absolute atomic E-state index is 0.00108. The van der Waals surface area contributed by atoms with Crippen LogP contribution in [0.25, 0.3) is 0 Å². The summed E-state index contributed by atoms with van der Waals surface area (Å²) < 4.78 is 49.1. The van der Waals surface area contributed by atoms with Crippen molar-refractivity contribution in [2.24, 2.45) is 0 Å². The Kier molecular flexibility index (Phi) is 6.64. The van der Waals surface area contributed by atoms with Gasteiger partial charge >= 0.3 is 0 Å². The van der Waals surface area contributed by atoms with Crippen LogP contribution in [0, 0.1) is 11.6 Å². The third-order valence-electron chi connectivity index (χ3n) is 5.76. The average Bonchev–Trinajstić information content (AvgIpc) is 3.32. The number of halogens is 3. The quantitative estimate of drug-likeness (QED) is 0.551. The number of hydrogen-bond donors (Lipinski definition) is 1. The number of hydrogen-bond acceptors (Lipinski definition) is 8. The Bertz CT molecular complexity index is 1220. The Balaban J connectivity index is 1.46. The predicted molar refractivity (Wildman–Crippen MR) is 122 cm³/mol. The van der Waals surface area contributed by atoms with Gasteiger partial charge in [0.05, 0.1) is 5.69 Å². The summed E-state index contributed by atoms with van der Waals surface area (Å²) in [4.78, 5) is 27.3. The Morgan fingerprint density at radius 1 is 1.20 bits per heavy atom. The van der Waals surface area contributed by atoms with Crippen LogP contribution in [0.4, 0.5) is 30.5 Å². The molecule has 35 heavy (non-hydrogen) atoms. The highest BCUT2D eigenvalue weighted by molar-refractivity contribution is 5.94. The molecule has 3 aromatic rings. The maximum atomic E-state index is 15.2. The lowest BCUT2D eigenvalue weighted by Gasteiger charge is -2.31. The molecule has 3 heterocycles. The molecule has 186 valence electrons. The van der Waals surface area contributed by atoms with Crippen molar-refractivity contribution in [3.05, 3.63) is 53.4 Å². The molecule has 0 spiro atoms. The molecule has 12 heteroatoms. The number of carbonyl (C=O) groups excluding carboxylic acids is 1. The minimum atomic E-state index is -1.70. The van der Waals surface area contributed by atoms with Crippen LogP contribution < -0.4 is 10.2 Å². The van der Waals surface area contributed by atoms with Gasteiger partial charge in [-0.3, -0.25) is 4.79 Å². The average molecular weight is 490 g/mol. The highest BCUT2D eigenvalue weighted by Crippen LogP contribution is 2.33. The fourth-order valence-corrected chi connectivity index (χ4v) is 3.78. The number of alkyl halides is 1. The fourth-order valence-electron chi connectivity index (χ4n) is 3.78. The third kappa shape index (κ3) is 5.20. The normalized spacial score (nSPS) is 14.8. The van der Waals surface area contributed by atoms with E-state index < -0.39 is 17.3 Å². The maximum absolute atomic E-state index is 15.2. The van der Waals surface area contributed by atoms with Crippen molar-refractivity contribution in [3.63, 3.8) is 0 Å². The van der Waals surface area contributed by atoms with Gasteiger partial charge in [0.1, 0.15) is 12.1 Å². The standard InChI is InChI=1S/C23H26F3N7O2/c1-23(2,26)22-30-20(35-31-22)13-7-9-33(10-8-13)19-17(25)18(27-12-28-19)29-16-6-5-14(11-15(16)24)21(34)32(3)4/h5-6,11-13H,7-10H2,1-4H3,(H,27,28,29). The molecule has 0 saturated carbocycles. The summed E-state index contributed by atoms with van der Waals surface area (Å²) in [5.41, 5.74) is -1.55. The number of aromatic nitrogens is 4. The molecule has 1 N–H and O–H groups in total. The Hall–Kier alpha value is -3.70. The molecule has 1 fully saturated rings. The van der Waals surface area contributed by atoms with Crippen molar-refractivity contribution >= 4 is 23.2 Å². The molecule has 1 aliphatic rings. The summed E-state index contributed by atoms with van der Waals surface area (Å²) in [6.07, 6.45) is 2.36. The fraction of sp³-hybridized carbons (Fsp3) is 0.435. The topological polar surface area (TPSA) is 100 Å². The first kappa shape index (κ1) is 24.4. The van der Waals surface area contributed by atoms with E-state index in [0.717, 1.165) is 6.07 Å². The first-order chi connectivity index (χ1) is 16.5. The second-order valence-corrected chi connectivity index (χ2v) is 9.07. The molecule has 1 amide bonds. The van der Waals surface area contributed by atoms with E-state index >= 15 is 4.39 Å². The van der Waals surface area contributed by atoms with Gasteiger partial charge in [-0.15, -0.1) is 0 Å². The van der Waals surface area contributed by atoms with Crippen LogP contribution in [0.15, 0.2) is 29.0 Å². The zero-order chi connectivity index (χ0) is 25.3. The van der Waals surface area contributed by atoms with E-state index in [1.54, 1.807) is 19.0 Å². The van der Waals surface area contributed by atoms with E-state index in [4.69, 9.17) is 4.52 Å². The number of carbonyl (C=O) groups is 1. The van der Waals surface area contributed by atoms with Crippen molar-refractivity contribution in [2.75, 3.05) is 37.4 Å². The Morgan fingerprint density at radius 3 is 2.51 bits per heavy atom. The zero-order valence-electron chi connectivity index (χ0n) is 19.8. The van der Waals surface area contributed by atoms with Crippen molar-refractivity contribution in [3.8, 4) is 0 Å². The molecule has 0 aliphatic carbocycles. The summed E-state index contributed by atoms with van der Waals surface area (Å²) in [5.74, 6) is -1.60. The van der Waals surface area contributed by atoms with Crippen LogP contribution in [0.2, 0.25) is 0 Å². The van der Waals surface area contributed by atoms with Crippen molar-refractivity contribution in [1.29, 1.82) is 0 Å². The molecule has 0 atom stereocenters. The van der Waals surface area contributed by atoms with Gasteiger partial charge in [-0.25, -0.2) is 18.7 Å². The van der Waals surface area contributed by atoms with Crippen LogP contribution in [-0.4, -0.2) is 58.1 Å². The van der Waals surface area contributed by atoms with Gasteiger partial charge in [-0.2, -0.15) is 9.37 Å². The molecule has 1 aliphatic heterocycles. The van der Waals surface area contributed by atoms with Gasteiger partial charge in [0.25, 0.3) is 5.91 Å². The van der Waals surface area contributed by atoms with E-state index in [9.17, 15) is 13.6 Å². The predicted octanol–water partition coefficient (Wildman–Crippen LogP) is 4.17. The summed E-state index contributed by atoms with van der Waals surface area (Å²) in [6, 6.07) is 3.89. The van der Waals surface area contributed by atoms with Gasteiger partial charge < -0.3 is 19.6 Å². The molecule has 9 nitrogen and oxygen atoms in total. The summed E-state index contributed by atoms with van der Waals surface area (Å²) in [6.45, 7) is 3.61. The van der Waals surface area contributed by atoms with Crippen LogP contribution in [0.5, 0.6) is 0 Å². The Morgan fingerprint density at radius 2 is 1.91 bits per heavy atom. The lowest BCUT2D eigenvalue weighted by molar-refractivity contribution is 0.0827. The number of anilines is 3. The van der Waals surface area contributed by atoms with Gasteiger partial charge in [0, 0.05) is 38.7 Å².